The second-order valence-corrected chi connectivity index (χ2v) is 8.74. The van der Waals surface area contributed by atoms with E-state index < -0.39 is 22.0 Å². The maximum Gasteiger partial charge on any atom is 0.251 e. The van der Waals surface area contributed by atoms with Crippen LogP contribution in [0.3, 0.4) is 0 Å². The van der Waals surface area contributed by atoms with Crippen molar-refractivity contribution in [1.82, 2.24) is 9.62 Å². The van der Waals surface area contributed by atoms with Gasteiger partial charge in [0.05, 0.1) is 4.90 Å². The molecule has 0 aliphatic carbocycles. The van der Waals surface area contributed by atoms with Crippen molar-refractivity contribution in [2.24, 2.45) is 0 Å². The first-order valence-electron chi connectivity index (χ1n) is 9.94. The zero-order valence-electron chi connectivity index (χ0n) is 17.4. The summed E-state index contributed by atoms with van der Waals surface area (Å²) in [6.07, 6.45) is -0.934. The van der Waals surface area contributed by atoms with Crippen LogP contribution >= 0.6 is 0 Å². The molecule has 1 aliphatic rings. The minimum Gasteiger partial charge on any atom is -0.491 e. The third-order valence-corrected chi connectivity index (χ3v) is 6.81. The molecule has 1 heterocycles. The number of nitrogens with one attached hydrogen (secondary N) is 1. The highest BCUT2D eigenvalue weighted by atomic mass is 32.2. The van der Waals surface area contributed by atoms with Gasteiger partial charge in [0.2, 0.25) is 16.8 Å². The summed E-state index contributed by atoms with van der Waals surface area (Å²) in [5.74, 6) is 1.30. The molecule has 0 radical (unpaired) electrons. The molecule has 1 atom stereocenters. The van der Waals surface area contributed by atoms with Crippen LogP contribution in [-0.2, 0) is 10.0 Å². The fourth-order valence-corrected chi connectivity index (χ4v) is 4.48. The summed E-state index contributed by atoms with van der Waals surface area (Å²) in [5.41, 5.74) is 0.294. The number of carbonyl (C=O) groups is 1. The summed E-state index contributed by atoms with van der Waals surface area (Å²) in [4.78, 5) is 12.4. The largest absolute Gasteiger partial charge is 0.491 e. The predicted octanol–water partition coefficient (Wildman–Crippen LogP) is 1.62. The molecule has 0 bridgehead atoms. The lowest BCUT2D eigenvalue weighted by atomic mass is 10.2. The van der Waals surface area contributed by atoms with E-state index in [2.05, 4.69) is 5.32 Å². The highest BCUT2D eigenvalue weighted by Gasteiger charge is 2.22. The lowest BCUT2D eigenvalue weighted by molar-refractivity contribution is 0.0843. The van der Waals surface area contributed by atoms with Crippen molar-refractivity contribution in [1.29, 1.82) is 0 Å². The van der Waals surface area contributed by atoms with Gasteiger partial charge < -0.3 is 24.6 Å². The average molecular weight is 451 g/mol. The van der Waals surface area contributed by atoms with Crippen molar-refractivity contribution < 1.29 is 32.5 Å². The number of rotatable bonds is 10. The van der Waals surface area contributed by atoms with Gasteiger partial charge in [0.1, 0.15) is 18.5 Å². The number of benzene rings is 2. The molecule has 0 saturated heterocycles. The fourth-order valence-electron chi connectivity index (χ4n) is 3.02. The van der Waals surface area contributed by atoms with E-state index in [0.717, 1.165) is 0 Å². The van der Waals surface area contributed by atoms with Crippen LogP contribution in [0.4, 0.5) is 0 Å². The SMILES string of the molecule is CCN(CC)S(=O)(=O)c1ccc(C(=O)NCC(O)COc2ccc3c(c2)OCO3)cc1. The van der Waals surface area contributed by atoms with E-state index in [0.29, 0.717) is 35.9 Å². The summed E-state index contributed by atoms with van der Waals surface area (Å²) in [6, 6.07) is 10.8. The molecule has 0 spiro atoms. The van der Waals surface area contributed by atoms with Crippen LogP contribution in [0.25, 0.3) is 0 Å². The quantitative estimate of drug-likeness (QED) is 0.565. The van der Waals surface area contributed by atoms with E-state index in [1.165, 1.54) is 28.6 Å². The molecule has 2 aromatic carbocycles. The van der Waals surface area contributed by atoms with Crippen molar-refractivity contribution in [3.63, 3.8) is 0 Å². The predicted molar refractivity (Wildman–Crippen MR) is 113 cm³/mol. The molecule has 2 aromatic rings. The van der Waals surface area contributed by atoms with Gasteiger partial charge in [-0.3, -0.25) is 4.79 Å². The molecule has 0 aromatic heterocycles. The summed E-state index contributed by atoms with van der Waals surface area (Å²) in [7, 11) is -3.58. The standard InChI is InChI=1S/C21H26N2O7S/c1-3-23(4-2)31(26,27)18-8-5-15(6-9-18)21(25)22-12-16(24)13-28-17-7-10-19-20(11-17)30-14-29-19/h5-11,16,24H,3-4,12-14H2,1-2H3,(H,22,25). The van der Waals surface area contributed by atoms with Crippen molar-refractivity contribution in [3.05, 3.63) is 48.0 Å². The number of fused-ring (bicyclic) bond motifs is 1. The number of nitrogens with zero attached hydrogens (tertiary/aromatic N) is 1. The summed E-state index contributed by atoms with van der Waals surface area (Å²) >= 11 is 0. The first kappa shape index (κ1) is 22.9. The Bertz CT molecular complexity index is 1000. The van der Waals surface area contributed by atoms with Crippen molar-refractivity contribution in [3.8, 4) is 17.2 Å². The normalized spacial score (nSPS) is 13.8. The number of sulfonamides is 1. The Morgan fingerprint density at radius 1 is 1.13 bits per heavy atom. The van der Waals surface area contributed by atoms with E-state index in [4.69, 9.17) is 14.2 Å². The van der Waals surface area contributed by atoms with Crippen LogP contribution < -0.4 is 19.5 Å². The minimum absolute atomic E-state index is 0.0249. The summed E-state index contributed by atoms with van der Waals surface area (Å²) < 4.78 is 42.4. The molecule has 9 nitrogen and oxygen atoms in total. The number of aliphatic hydroxyl groups is 1. The van der Waals surface area contributed by atoms with Crippen LogP contribution in [-0.4, -0.2) is 62.9 Å². The van der Waals surface area contributed by atoms with Crippen LogP contribution in [0.5, 0.6) is 17.2 Å². The Balaban J connectivity index is 1.50. The Morgan fingerprint density at radius 3 is 2.48 bits per heavy atom. The van der Waals surface area contributed by atoms with Crippen molar-refractivity contribution in [2.45, 2.75) is 24.8 Å². The van der Waals surface area contributed by atoms with Gasteiger partial charge in [0.25, 0.3) is 5.91 Å². The Kier molecular flexibility index (Phi) is 7.37. The van der Waals surface area contributed by atoms with Gasteiger partial charge in [-0.05, 0) is 36.4 Å². The molecule has 31 heavy (non-hydrogen) atoms. The van der Waals surface area contributed by atoms with Gasteiger partial charge in [0.15, 0.2) is 11.5 Å². The Morgan fingerprint density at radius 2 is 1.81 bits per heavy atom. The van der Waals surface area contributed by atoms with Gasteiger partial charge in [-0.1, -0.05) is 13.8 Å². The van der Waals surface area contributed by atoms with Crippen LogP contribution in [0.2, 0.25) is 0 Å². The lowest BCUT2D eigenvalue weighted by Crippen LogP contribution is -2.35. The first-order valence-corrected chi connectivity index (χ1v) is 11.4. The van der Waals surface area contributed by atoms with E-state index in [9.17, 15) is 18.3 Å². The highest BCUT2D eigenvalue weighted by Crippen LogP contribution is 2.35. The molecule has 3 rings (SSSR count). The zero-order valence-corrected chi connectivity index (χ0v) is 18.2. The number of aliphatic hydroxyl groups excluding tert-OH is 1. The molecule has 0 fully saturated rings. The molecular formula is C21H26N2O7S. The van der Waals surface area contributed by atoms with E-state index in [-0.39, 0.29) is 24.8 Å². The lowest BCUT2D eigenvalue weighted by Gasteiger charge is -2.18. The van der Waals surface area contributed by atoms with Gasteiger partial charge in [0, 0.05) is 31.3 Å². The van der Waals surface area contributed by atoms with Gasteiger partial charge in [-0.2, -0.15) is 4.31 Å². The second kappa shape index (κ2) is 9.99. The minimum atomic E-state index is -3.58. The first-order chi connectivity index (χ1) is 14.8. The molecule has 1 aliphatic heterocycles. The molecule has 0 saturated carbocycles. The Labute approximate surface area is 181 Å². The van der Waals surface area contributed by atoms with Crippen LogP contribution in [0.15, 0.2) is 47.4 Å². The third kappa shape index (κ3) is 5.46. The topological polar surface area (TPSA) is 114 Å². The van der Waals surface area contributed by atoms with E-state index in [1.54, 1.807) is 32.0 Å². The van der Waals surface area contributed by atoms with Crippen molar-refractivity contribution >= 4 is 15.9 Å². The van der Waals surface area contributed by atoms with Crippen LogP contribution in [0, 0.1) is 0 Å². The molecule has 168 valence electrons. The van der Waals surface area contributed by atoms with Gasteiger partial charge >= 0.3 is 0 Å². The number of amides is 1. The van der Waals surface area contributed by atoms with Gasteiger partial charge in [-0.25, -0.2) is 8.42 Å². The number of carbonyl (C=O) groups excluding carboxylic acids is 1. The maximum absolute atomic E-state index is 12.5. The Hall–Kier alpha value is -2.82. The smallest absolute Gasteiger partial charge is 0.251 e. The van der Waals surface area contributed by atoms with E-state index >= 15 is 0 Å². The summed E-state index contributed by atoms with van der Waals surface area (Å²) in [5, 5.41) is 12.7. The molecule has 1 amide bonds. The highest BCUT2D eigenvalue weighted by molar-refractivity contribution is 7.89. The molecule has 1 unspecified atom stereocenters. The number of hydrogen-bond donors (Lipinski definition) is 2. The number of hydrogen-bond acceptors (Lipinski definition) is 7. The molecule has 2 N–H and O–H groups in total. The van der Waals surface area contributed by atoms with Crippen LogP contribution in [0.1, 0.15) is 24.2 Å². The number of ether oxygens (including phenoxy) is 3. The maximum atomic E-state index is 12.5. The summed E-state index contributed by atoms with van der Waals surface area (Å²) in [6.45, 7) is 4.38. The van der Waals surface area contributed by atoms with E-state index in [1.807, 2.05) is 0 Å². The fraction of sp³-hybridized carbons (Fsp3) is 0.381. The average Bonchev–Trinajstić information content (AvgIpc) is 3.24. The zero-order chi connectivity index (χ0) is 22.4. The second-order valence-electron chi connectivity index (χ2n) is 6.80. The van der Waals surface area contributed by atoms with Gasteiger partial charge in [-0.15, -0.1) is 0 Å². The molecule has 10 heteroatoms. The molecular weight excluding hydrogens is 424 g/mol. The third-order valence-electron chi connectivity index (χ3n) is 4.74. The van der Waals surface area contributed by atoms with Crippen molar-refractivity contribution in [2.75, 3.05) is 33.0 Å². The monoisotopic (exact) mass is 450 g/mol.